The van der Waals surface area contributed by atoms with Crippen LogP contribution in [0.2, 0.25) is 0 Å². The number of methoxy groups -OCH3 is 1. The largest absolute Gasteiger partial charge is 0.508 e. The van der Waals surface area contributed by atoms with Crippen LogP contribution < -0.4 is 10.1 Å². The van der Waals surface area contributed by atoms with Gasteiger partial charge in [0.05, 0.1) is 19.4 Å². The number of ether oxygens (including phenoxy) is 2. The molecule has 0 atom stereocenters. The fourth-order valence-corrected chi connectivity index (χ4v) is 1.82. The third-order valence-corrected chi connectivity index (χ3v) is 2.86. The zero-order valence-corrected chi connectivity index (χ0v) is 11.7. The molecule has 0 aliphatic rings. The summed E-state index contributed by atoms with van der Waals surface area (Å²) in [4.78, 5) is 11.8. The van der Waals surface area contributed by atoms with Gasteiger partial charge in [0, 0.05) is 5.56 Å². The minimum absolute atomic E-state index is 0.105. The Morgan fingerprint density at radius 3 is 2.62 bits per heavy atom. The third kappa shape index (κ3) is 4.22. The lowest BCUT2D eigenvalue weighted by Crippen LogP contribution is -2.18. The smallest absolute Gasteiger partial charge is 0.250 e. The number of phenolic OH excluding ortho intramolecular Hbond substituents is 1. The number of anilines is 1. The number of hydrogen-bond donors (Lipinski definition) is 2. The van der Waals surface area contributed by atoms with Crippen LogP contribution in [0.1, 0.15) is 5.56 Å². The number of rotatable bonds is 6. The number of para-hydroxylation sites is 3. The van der Waals surface area contributed by atoms with E-state index in [1.54, 1.807) is 49.6 Å². The van der Waals surface area contributed by atoms with E-state index in [0.29, 0.717) is 17.0 Å². The van der Waals surface area contributed by atoms with E-state index in [4.69, 9.17) is 9.47 Å². The predicted molar refractivity (Wildman–Crippen MR) is 79.4 cm³/mol. The van der Waals surface area contributed by atoms with Gasteiger partial charge in [-0.2, -0.15) is 0 Å². The highest BCUT2D eigenvalue weighted by Crippen LogP contribution is 2.22. The standard InChI is InChI=1S/C16H17NO4/c1-20-15-9-5-3-7-13(15)17-16(19)11-21-10-12-6-2-4-8-14(12)18/h2-9,18H,10-11H2,1H3,(H,17,19). The van der Waals surface area contributed by atoms with Crippen LogP contribution in [0.3, 0.4) is 0 Å². The fraction of sp³-hybridized carbons (Fsp3) is 0.188. The van der Waals surface area contributed by atoms with Gasteiger partial charge in [-0.05, 0) is 18.2 Å². The first kappa shape index (κ1) is 14.9. The molecule has 0 aliphatic heterocycles. The molecule has 0 aromatic heterocycles. The first-order valence-corrected chi connectivity index (χ1v) is 6.48. The summed E-state index contributed by atoms with van der Waals surface area (Å²) in [6.07, 6.45) is 0. The molecule has 21 heavy (non-hydrogen) atoms. The number of nitrogens with one attached hydrogen (secondary N) is 1. The Balaban J connectivity index is 1.84. The zero-order valence-electron chi connectivity index (χ0n) is 11.7. The van der Waals surface area contributed by atoms with Crippen LogP contribution in [0.15, 0.2) is 48.5 Å². The quantitative estimate of drug-likeness (QED) is 0.856. The molecule has 0 saturated heterocycles. The summed E-state index contributed by atoms with van der Waals surface area (Å²) in [5, 5.41) is 12.3. The van der Waals surface area contributed by atoms with Crippen molar-refractivity contribution < 1.29 is 19.4 Å². The maximum Gasteiger partial charge on any atom is 0.250 e. The average Bonchev–Trinajstić information content (AvgIpc) is 2.50. The van der Waals surface area contributed by atoms with Gasteiger partial charge in [0.2, 0.25) is 5.91 Å². The lowest BCUT2D eigenvalue weighted by Gasteiger charge is -2.10. The summed E-state index contributed by atoms with van der Waals surface area (Å²) < 4.78 is 10.4. The monoisotopic (exact) mass is 287 g/mol. The van der Waals surface area contributed by atoms with Crippen molar-refractivity contribution in [3.8, 4) is 11.5 Å². The van der Waals surface area contributed by atoms with Gasteiger partial charge < -0.3 is 19.9 Å². The minimum Gasteiger partial charge on any atom is -0.508 e. The normalized spacial score (nSPS) is 10.1. The Kier molecular flexibility index (Phi) is 5.17. The second-order valence-corrected chi connectivity index (χ2v) is 4.37. The van der Waals surface area contributed by atoms with Crippen molar-refractivity contribution in [1.82, 2.24) is 0 Å². The Hall–Kier alpha value is -2.53. The van der Waals surface area contributed by atoms with Crippen molar-refractivity contribution in [2.45, 2.75) is 6.61 Å². The molecule has 1 amide bonds. The number of carbonyl (C=O) groups excluding carboxylic acids is 1. The fourth-order valence-electron chi connectivity index (χ4n) is 1.82. The van der Waals surface area contributed by atoms with E-state index in [9.17, 15) is 9.90 Å². The van der Waals surface area contributed by atoms with Crippen LogP contribution in [-0.4, -0.2) is 24.7 Å². The SMILES string of the molecule is COc1ccccc1NC(=O)COCc1ccccc1O. The molecule has 0 heterocycles. The Morgan fingerprint density at radius 2 is 1.86 bits per heavy atom. The van der Waals surface area contributed by atoms with E-state index in [-0.39, 0.29) is 24.9 Å². The van der Waals surface area contributed by atoms with Crippen molar-refractivity contribution in [2.24, 2.45) is 0 Å². The van der Waals surface area contributed by atoms with E-state index in [1.807, 2.05) is 6.07 Å². The van der Waals surface area contributed by atoms with E-state index in [2.05, 4.69) is 5.32 Å². The molecule has 0 fully saturated rings. The molecule has 110 valence electrons. The van der Waals surface area contributed by atoms with Crippen molar-refractivity contribution in [2.75, 3.05) is 19.0 Å². The van der Waals surface area contributed by atoms with Gasteiger partial charge >= 0.3 is 0 Å². The van der Waals surface area contributed by atoms with Crippen LogP contribution in [0.5, 0.6) is 11.5 Å². The van der Waals surface area contributed by atoms with E-state index < -0.39 is 0 Å². The van der Waals surface area contributed by atoms with E-state index in [0.717, 1.165) is 0 Å². The predicted octanol–water partition coefficient (Wildman–Crippen LogP) is 2.56. The lowest BCUT2D eigenvalue weighted by atomic mass is 10.2. The van der Waals surface area contributed by atoms with Crippen LogP contribution >= 0.6 is 0 Å². The van der Waals surface area contributed by atoms with Gasteiger partial charge in [0.15, 0.2) is 0 Å². The summed E-state index contributed by atoms with van der Waals surface area (Å²) >= 11 is 0. The maximum absolute atomic E-state index is 11.8. The summed E-state index contributed by atoms with van der Waals surface area (Å²) in [5.41, 5.74) is 1.23. The Labute approximate surface area is 123 Å². The highest BCUT2D eigenvalue weighted by atomic mass is 16.5. The van der Waals surface area contributed by atoms with Crippen LogP contribution in [0.25, 0.3) is 0 Å². The molecule has 2 aromatic carbocycles. The maximum atomic E-state index is 11.8. The van der Waals surface area contributed by atoms with E-state index >= 15 is 0 Å². The van der Waals surface area contributed by atoms with Crippen LogP contribution in [-0.2, 0) is 16.1 Å². The van der Waals surface area contributed by atoms with Gasteiger partial charge in [-0.1, -0.05) is 30.3 Å². The highest BCUT2D eigenvalue weighted by Gasteiger charge is 2.07. The van der Waals surface area contributed by atoms with Crippen LogP contribution in [0, 0.1) is 0 Å². The number of amides is 1. The molecule has 2 N–H and O–H groups in total. The number of aromatic hydroxyl groups is 1. The van der Waals surface area contributed by atoms with Gasteiger partial charge in [-0.25, -0.2) is 0 Å². The molecule has 5 heteroatoms. The van der Waals surface area contributed by atoms with Crippen LogP contribution in [0.4, 0.5) is 5.69 Å². The first-order chi connectivity index (χ1) is 10.2. The molecule has 0 bridgehead atoms. The molecule has 0 radical (unpaired) electrons. The van der Waals surface area contributed by atoms with Gasteiger partial charge in [0.1, 0.15) is 18.1 Å². The Morgan fingerprint density at radius 1 is 1.14 bits per heavy atom. The molecule has 0 saturated carbocycles. The molecule has 2 rings (SSSR count). The summed E-state index contributed by atoms with van der Waals surface area (Å²) in [6.45, 7) is 0.0679. The number of benzene rings is 2. The molecule has 0 spiro atoms. The minimum atomic E-state index is -0.282. The molecule has 5 nitrogen and oxygen atoms in total. The topological polar surface area (TPSA) is 67.8 Å². The third-order valence-electron chi connectivity index (χ3n) is 2.86. The Bertz CT molecular complexity index is 613. The van der Waals surface area contributed by atoms with E-state index in [1.165, 1.54) is 0 Å². The van der Waals surface area contributed by atoms with Gasteiger partial charge in [-0.3, -0.25) is 4.79 Å². The number of hydrogen-bond acceptors (Lipinski definition) is 4. The average molecular weight is 287 g/mol. The first-order valence-electron chi connectivity index (χ1n) is 6.48. The molecule has 0 aliphatic carbocycles. The van der Waals surface area contributed by atoms with Crippen molar-refractivity contribution in [1.29, 1.82) is 0 Å². The van der Waals surface area contributed by atoms with Gasteiger partial charge in [-0.15, -0.1) is 0 Å². The molecular formula is C16H17NO4. The second-order valence-electron chi connectivity index (χ2n) is 4.37. The molecular weight excluding hydrogens is 270 g/mol. The van der Waals surface area contributed by atoms with Gasteiger partial charge in [0.25, 0.3) is 0 Å². The zero-order chi connectivity index (χ0) is 15.1. The molecule has 0 unspecified atom stereocenters. The van der Waals surface area contributed by atoms with Crippen molar-refractivity contribution >= 4 is 11.6 Å². The summed E-state index contributed by atoms with van der Waals surface area (Å²) in [7, 11) is 1.54. The summed E-state index contributed by atoms with van der Waals surface area (Å²) in [6, 6.07) is 14.0. The number of phenols is 1. The molecule has 2 aromatic rings. The number of carbonyl (C=O) groups is 1. The summed E-state index contributed by atoms with van der Waals surface area (Å²) in [5.74, 6) is 0.462. The van der Waals surface area contributed by atoms with Crippen molar-refractivity contribution in [3.63, 3.8) is 0 Å². The highest BCUT2D eigenvalue weighted by molar-refractivity contribution is 5.93. The lowest BCUT2D eigenvalue weighted by molar-refractivity contribution is -0.121. The van der Waals surface area contributed by atoms with Crippen molar-refractivity contribution in [3.05, 3.63) is 54.1 Å². The second kappa shape index (κ2) is 7.31.